The fraction of sp³-hybridized carbons (Fsp3) is 0.571. The van der Waals surface area contributed by atoms with Gasteiger partial charge in [-0.2, -0.15) is 0 Å². The summed E-state index contributed by atoms with van der Waals surface area (Å²) >= 11 is 0. The van der Waals surface area contributed by atoms with Crippen molar-refractivity contribution in [3.63, 3.8) is 0 Å². The second-order valence-corrected chi connectivity index (χ2v) is 4.98. The molecule has 3 rings (SSSR count). The average molecular weight is 249 g/mol. The third-order valence-corrected chi connectivity index (χ3v) is 3.74. The number of hydrogen-bond acceptors (Lipinski definition) is 4. The summed E-state index contributed by atoms with van der Waals surface area (Å²) in [6.45, 7) is 5.21. The predicted octanol–water partition coefficient (Wildman–Crippen LogP) is 1.93. The van der Waals surface area contributed by atoms with Crippen molar-refractivity contribution < 1.29 is 14.2 Å². The molecule has 2 atom stereocenters. The molecule has 0 bridgehead atoms. The number of ether oxygens (including phenoxy) is 3. The molecule has 18 heavy (non-hydrogen) atoms. The Morgan fingerprint density at radius 2 is 2.22 bits per heavy atom. The molecule has 1 aromatic carbocycles. The van der Waals surface area contributed by atoms with E-state index < -0.39 is 0 Å². The van der Waals surface area contributed by atoms with Crippen LogP contribution in [0.2, 0.25) is 0 Å². The summed E-state index contributed by atoms with van der Waals surface area (Å²) in [4.78, 5) is 0. The molecule has 4 nitrogen and oxygen atoms in total. The summed E-state index contributed by atoms with van der Waals surface area (Å²) in [7, 11) is 0. The van der Waals surface area contributed by atoms with Gasteiger partial charge < -0.3 is 19.5 Å². The van der Waals surface area contributed by atoms with Crippen molar-refractivity contribution in [2.24, 2.45) is 5.92 Å². The molecular formula is C14H19NO3. The van der Waals surface area contributed by atoms with Crippen LogP contribution in [-0.4, -0.2) is 26.0 Å². The van der Waals surface area contributed by atoms with Crippen molar-refractivity contribution in [3.05, 3.63) is 23.8 Å². The van der Waals surface area contributed by atoms with Crippen LogP contribution >= 0.6 is 0 Å². The SMILES string of the molecule is CC(NCc1ccc2c(c1)OCO2)C1CCOC1. The highest BCUT2D eigenvalue weighted by molar-refractivity contribution is 5.44. The fourth-order valence-corrected chi connectivity index (χ4v) is 2.44. The molecule has 2 heterocycles. The van der Waals surface area contributed by atoms with Crippen molar-refractivity contribution in [2.75, 3.05) is 20.0 Å². The minimum absolute atomic E-state index is 0.335. The van der Waals surface area contributed by atoms with Crippen LogP contribution in [0.25, 0.3) is 0 Å². The Labute approximate surface area is 107 Å². The molecule has 1 fully saturated rings. The second-order valence-electron chi connectivity index (χ2n) is 4.98. The first-order chi connectivity index (χ1) is 8.83. The summed E-state index contributed by atoms with van der Waals surface area (Å²) in [5.41, 5.74) is 1.23. The minimum atomic E-state index is 0.335. The van der Waals surface area contributed by atoms with E-state index in [1.807, 2.05) is 12.1 Å². The zero-order chi connectivity index (χ0) is 12.4. The lowest BCUT2D eigenvalue weighted by atomic mass is 10.0. The van der Waals surface area contributed by atoms with E-state index in [0.717, 1.165) is 37.7 Å². The van der Waals surface area contributed by atoms with Crippen LogP contribution < -0.4 is 14.8 Å². The Bertz CT molecular complexity index is 416. The highest BCUT2D eigenvalue weighted by Crippen LogP contribution is 2.32. The topological polar surface area (TPSA) is 39.7 Å². The van der Waals surface area contributed by atoms with Gasteiger partial charge in [0.05, 0.1) is 6.61 Å². The smallest absolute Gasteiger partial charge is 0.231 e. The van der Waals surface area contributed by atoms with E-state index in [4.69, 9.17) is 14.2 Å². The van der Waals surface area contributed by atoms with Gasteiger partial charge in [-0.25, -0.2) is 0 Å². The van der Waals surface area contributed by atoms with Gasteiger partial charge in [0.15, 0.2) is 11.5 Å². The van der Waals surface area contributed by atoms with Gasteiger partial charge in [0, 0.05) is 19.2 Å². The summed E-state index contributed by atoms with van der Waals surface area (Å²) in [6.07, 6.45) is 1.16. The van der Waals surface area contributed by atoms with Crippen LogP contribution in [0.5, 0.6) is 11.5 Å². The molecule has 0 aliphatic carbocycles. The molecule has 0 radical (unpaired) electrons. The summed E-state index contributed by atoms with van der Waals surface area (Å²) < 4.78 is 16.1. The third-order valence-electron chi connectivity index (χ3n) is 3.74. The molecule has 0 aromatic heterocycles. The van der Waals surface area contributed by atoms with Crippen molar-refractivity contribution in [3.8, 4) is 11.5 Å². The first kappa shape index (κ1) is 11.8. The Morgan fingerprint density at radius 1 is 1.33 bits per heavy atom. The molecule has 98 valence electrons. The van der Waals surface area contributed by atoms with Crippen molar-refractivity contribution >= 4 is 0 Å². The van der Waals surface area contributed by atoms with Gasteiger partial charge in [0.25, 0.3) is 0 Å². The van der Waals surface area contributed by atoms with Gasteiger partial charge in [-0.1, -0.05) is 6.07 Å². The molecule has 4 heteroatoms. The van der Waals surface area contributed by atoms with Crippen molar-refractivity contribution in [1.82, 2.24) is 5.32 Å². The Kier molecular flexibility index (Phi) is 3.39. The van der Waals surface area contributed by atoms with E-state index >= 15 is 0 Å². The van der Waals surface area contributed by atoms with Gasteiger partial charge in [0.1, 0.15) is 0 Å². The van der Waals surface area contributed by atoms with E-state index in [9.17, 15) is 0 Å². The van der Waals surface area contributed by atoms with Crippen LogP contribution in [0.1, 0.15) is 18.9 Å². The summed E-state index contributed by atoms with van der Waals surface area (Å²) in [5, 5.41) is 3.56. The molecular weight excluding hydrogens is 230 g/mol. The van der Waals surface area contributed by atoms with E-state index in [-0.39, 0.29) is 0 Å². The largest absolute Gasteiger partial charge is 0.454 e. The Hall–Kier alpha value is -1.26. The zero-order valence-electron chi connectivity index (χ0n) is 10.6. The van der Waals surface area contributed by atoms with Crippen LogP contribution in [0, 0.1) is 5.92 Å². The molecule has 2 aliphatic rings. The maximum Gasteiger partial charge on any atom is 0.231 e. The number of benzene rings is 1. The standard InChI is InChI=1S/C14H19NO3/c1-10(12-4-5-16-8-12)15-7-11-2-3-13-14(6-11)18-9-17-13/h2-3,6,10,12,15H,4-5,7-9H2,1H3. The molecule has 2 unspecified atom stereocenters. The first-order valence-corrected chi connectivity index (χ1v) is 6.52. The molecule has 1 N–H and O–H groups in total. The van der Waals surface area contributed by atoms with Crippen LogP contribution in [0.3, 0.4) is 0 Å². The first-order valence-electron chi connectivity index (χ1n) is 6.52. The molecule has 1 aromatic rings. The van der Waals surface area contributed by atoms with Gasteiger partial charge in [-0.3, -0.25) is 0 Å². The van der Waals surface area contributed by atoms with Gasteiger partial charge in [-0.15, -0.1) is 0 Å². The van der Waals surface area contributed by atoms with Crippen molar-refractivity contribution in [2.45, 2.75) is 25.9 Å². The Balaban J connectivity index is 1.56. The van der Waals surface area contributed by atoms with Gasteiger partial charge >= 0.3 is 0 Å². The zero-order valence-corrected chi connectivity index (χ0v) is 10.6. The fourth-order valence-electron chi connectivity index (χ4n) is 2.44. The van der Waals surface area contributed by atoms with E-state index in [1.165, 1.54) is 5.56 Å². The maximum atomic E-state index is 5.41. The lowest BCUT2D eigenvalue weighted by molar-refractivity contribution is 0.174. The molecule has 0 saturated carbocycles. The average Bonchev–Trinajstić information content (AvgIpc) is 3.05. The quantitative estimate of drug-likeness (QED) is 0.885. The molecule has 0 amide bonds. The number of hydrogen-bond donors (Lipinski definition) is 1. The normalized spacial score (nSPS) is 23.3. The van der Waals surface area contributed by atoms with Gasteiger partial charge in [-0.05, 0) is 37.0 Å². The monoisotopic (exact) mass is 249 g/mol. The Morgan fingerprint density at radius 3 is 3.06 bits per heavy atom. The molecule has 0 spiro atoms. The predicted molar refractivity (Wildman–Crippen MR) is 67.8 cm³/mol. The number of fused-ring (bicyclic) bond motifs is 1. The lowest BCUT2D eigenvalue weighted by Gasteiger charge is -2.19. The van der Waals surface area contributed by atoms with E-state index in [2.05, 4.69) is 18.3 Å². The molecule has 2 aliphatic heterocycles. The van der Waals surface area contributed by atoms with E-state index in [1.54, 1.807) is 0 Å². The van der Waals surface area contributed by atoms with Crippen LogP contribution in [0.4, 0.5) is 0 Å². The highest BCUT2D eigenvalue weighted by Gasteiger charge is 2.22. The number of rotatable bonds is 4. The van der Waals surface area contributed by atoms with Crippen molar-refractivity contribution in [1.29, 1.82) is 0 Å². The van der Waals surface area contributed by atoms with E-state index in [0.29, 0.717) is 18.8 Å². The minimum Gasteiger partial charge on any atom is -0.454 e. The maximum absolute atomic E-state index is 5.41. The summed E-state index contributed by atoms with van der Waals surface area (Å²) in [6, 6.07) is 6.59. The number of nitrogens with one attached hydrogen (secondary N) is 1. The highest BCUT2D eigenvalue weighted by atomic mass is 16.7. The van der Waals surface area contributed by atoms with Crippen LogP contribution in [-0.2, 0) is 11.3 Å². The molecule has 1 saturated heterocycles. The third kappa shape index (κ3) is 2.44. The van der Waals surface area contributed by atoms with Crippen LogP contribution in [0.15, 0.2) is 18.2 Å². The van der Waals surface area contributed by atoms with Gasteiger partial charge in [0.2, 0.25) is 6.79 Å². The summed E-state index contributed by atoms with van der Waals surface area (Å²) in [5.74, 6) is 2.33. The second kappa shape index (κ2) is 5.16. The lowest BCUT2D eigenvalue weighted by Crippen LogP contribution is -2.33.